The summed E-state index contributed by atoms with van der Waals surface area (Å²) in [7, 11) is 0. The summed E-state index contributed by atoms with van der Waals surface area (Å²) in [6.07, 6.45) is 5.67. The van der Waals surface area contributed by atoms with Gasteiger partial charge in [0, 0.05) is 11.0 Å². The van der Waals surface area contributed by atoms with Crippen molar-refractivity contribution in [2.75, 3.05) is 5.32 Å². The van der Waals surface area contributed by atoms with Gasteiger partial charge < -0.3 is 11.1 Å². The van der Waals surface area contributed by atoms with Crippen LogP contribution >= 0.6 is 11.3 Å². The van der Waals surface area contributed by atoms with Gasteiger partial charge >= 0.3 is 0 Å². The van der Waals surface area contributed by atoms with E-state index in [0.29, 0.717) is 22.0 Å². The molecule has 3 N–H and O–H groups in total. The molecule has 148 valence electrons. The Labute approximate surface area is 168 Å². The highest BCUT2D eigenvalue weighted by Gasteiger charge is 2.33. The van der Waals surface area contributed by atoms with Crippen molar-refractivity contribution in [3.05, 3.63) is 57.7 Å². The zero-order chi connectivity index (χ0) is 20.5. The molecule has 1 aromatic heterocycles. The predicted octanol–water partition coefficient (Wildman–Crippen LogP) is 4.79. The largest absolute Gasteiger partial charge is 0.365 e. The Kier molecular flexibility index (Phi) is 5.70. The normalized spacial score (nSPS) is 16.8. The first kappa shape index (κ1) is 20.3. The summed E-state index contributed by atoms with van der Waals surface area (Å²) in [6.45, 7) is 6.69. The van der Waals surface area contributed by atoms with Crippen LogP contribution in [0.4, 0.5) is 9.39 Å². The summed E-state index contributed by atoms with van der Waals surface area (Å²) in [6, 6.07) is 5.85. The highest BCUT2D eigenvalue weighted by molar-refractivity contribution is 7.17. The van der Waals surface area contributed by atoms with Crippen LogP contribution < -0.4 is 11.1 Å². The van der Waals surface area contributed by atoms with Gasteiger partial charge in [0.2, 0.25) is 5.91 Å². The molecule has 1 aliphatic rings. The Hall–Kier alpha value is -2.47. The first-order valence-corrected chi connectivity index (χ1v) is 10.2. The smallest absolute Gasteiger partial charge is 0.251 e. The molecule has 0 saturated heterocycles. The Morgan fingerprint density at radius 1 is 1.25 bits per heavy atom. The number of amides is 2. The van der Waals surface area contributed by atoms with E-state index in [1.54, 1.807) is 18.2 Å². The Balaban J connectivity index is 1.80. The SMILES string of the molecule is CC(C)(C)C1CCc2c(sc(NC(=O)/C=C/c3ccc(F)cc3)c2C(N)=O)C1. The molecule has 0 spiro atoms. The lowest BCUT2D eigenvalue weighted by Gasteiger charge is -2.33. The molecular formula is C22H25FN2O2S. The molecule has 1 atom stereocenters. The molecule has 28 heavy (non-hydrogen) atoms. The van der Waals surface area contributed by atoms with Crippen LogP contribution in [-0.2, 0) is 17.6 Å². The molecule has 0 radical (unpaired) electrons. The van der Waals surface area contributed by atoms with Gasteiger partial charge in [0.05, 0.1) is 5.56 Å². The lowest BCUT2D eigenvalue weighted by molar-refractivity contribution is -0.111. The number of fused-ring (bicyclic) bond motifs is 1. The van der Waals surface area contributed by atoms with Crippen molar-refractivity contribution in [3.8, 4) is 0 Å². The number of rotatable bonds is 4. The number of halogens is 1. The van der Waals surface area contributed by atoms with Crippen molar-refractivity contribution in [2.45, 2.75) is 40.0 Å². The van der Waals surface area contributed by atoms with Gasteiger partial charge in [0.1, 0.15) is 10.8 Å². The summed E-state index contributed by atoms with van der Waals surface area (Å²) in [5.41, 5.74) is 7.95. The quantitative estimate of drug-likeness (QED) is 0.725. The fraction of sp³-hybridized carbons (Fsp3) is 0.364. The summed E-state index contributed by atoms with van der Waals surface area (Å²) >= 11 is 1.45. The molecule has 1 aliphatic carbocycles. The molecule has 1 unspecified atom stereocenters. The van der Waals surface area contributed by atoms with Gasteiger partial charge in [-0.05, 0) is 59.9 Å². The third kappa shape index (κ3) is 4.50. The number of hydrogen-bond acceptors (Lipinski definition) is 3. The average Bonchev–Trinajstić information content (AvgIpc) is 2.97. The maximum absolute atomic E-state index is 13.0. The van der Waals surface area contributed by atoms with Crippen LogP contribution in [0.15, 0.2) is 30.3 Å². The van der Waals surface area contributed by atoms with Gasteiger partial charge in [0.25, 0.3) is 5.91 Å². The second-order valence-corrected chi connectivity index (χ2v) is 9.36. The maximum atomic E-state index is 13.0. The van der Waals surface area contributed by atoms with E-state index in [4.69, 9.17) is 5.73 Å². The third-order valence-electron chi connectivity index (χ3n) is 5.27. The number of primary amides is 1. The van der Waals surface area contributed by atoms with E-state index in [1.807, 2.05) is 0 Å². The summed E-state index contributed by atoms with van der Waals surface area (Å²) < 4.78 is 13.0. The van der Waals surface area contributed by atoms with Crippen LogP contribution in [0.3, 0.4) is 0 Å². The molecule has 2 amide bonds. The van der Waals surface area contributed by atoms with E-state index in [1.165, 1.54) is 29.5 Å². The zero-order valence-corrected chi connectivity index (χ0v) is 17.2. The number of carbonyl (C=O) groups excluding carboxylic acids is 2. The van der Waals surface area contributed by atoms with E-state index < -0.39 is 5.91 Å². The van der Waals surface area contributed by atoms with Crippen LogP contribution in [0.25, 0.3) is 6.08 Å². The number of thiophene rings is 1. The van der Waals surface area contributed by atoms with Crippen molar-refractivity contribution < 1.29 is 14.0 Å². The molecule has 1 aromatic carbocycles. The zero-order valence-electron chi connectivity index (χ0n) is 16.3. The van der Waals surface area contributed by atoms with Crippen LogP contribution in [0.5, 0.6) is 0 Å². The molecule has 2 aromatic rings. The number of carbonyl (C=O) groups is 2. The summed E-state index contributed by atoms with van der Waals surface area (Å²) in [5.74, 6) is -0.658. The predicted molar refractivity (Wildman–Crippen MR) is 112 cm³/mol. The summed E-state index contributed by atoms with van der Waals surface area (Å²) in [5, 5.41) is 3.32. The molecule has 6 heteroatoms. The van der Waals surface area contributed by atoms with Gasteiger partial charge in [-0.15, -0.1) is 11.3 Å². The molecule has 3 rings (SSSR count). The van der Waals surface area contributed by atoms with E-state index in [9.17, 15) is 14.0 Å². The molecule has 4 nitrogen and oxygen atoms in total. The van der Waals surface area contributed by atoms with Crippen LogP contribution in [-0.4, -0.2) is 11.8 Å². The first-order valence-electron chi connectivity index (χ1n) is 9.34. The highest BCUT2D eigenvalue weighted by atomic mass is 32.1. The Morgan fingerprint density at radius 2 is 1.93 bits per heavy atom. The van der Waals surface area contributed by atoms with Crippen molar-refractivity contribution >= 4 is 34.2 Å². The lowest BCUT2D eigenvalue weighted by atomic mass is 9.72. The number of benzene rings is 1. The second-order valence-electron chi connectivity index (χ2n) is 8.25. The van der Waals surface area contributed by atoms with E-state index >= 15 is 0 Å². The molecule has 0 saturated carbocycles. The van der Waals surface area contributed by atoms with Crippen molar-refractivity contribution in [2.24, 2.45) is 17.1 Å². The van der Waals surface area contributed by atoms with Gasteiger partial charge in [0.15, 0.2) is 0 Å². The molecule has 0 fully saturated rings. The number of nitrogens with two attached hydrogens (primary N) is 1. The first-order chi connectivity index (χ1) is 13.1. The van der Waals surface area contributed by atoms with E-state index in [2.05, 4.69) is 26.1 Å². The third-order valence-corrected chi connectivity index (χ3v) is 6.44. The lowest BCUT2D eigenvalue weighted by Crippen LogP contribution is -2.27. The van der Waals surface area contributed by atoms with Crippen LogP contribution in [0, 0.1) is 17.2 Å². The van der Waals surface area contributed by atoms with Crippen LogP contribution in [0.1, 0.15) is 53.6 Å². The Morgan fingerprint density at radius 3 is 2.54 bits per heavy atom. The van der Waals surface area contributed by atoms with Crippen molar-refractivity contribution in [1.82, 2.24) is 0 Å². The average molecular weight is 401 g/mol. The molecule has 1 heterocycles. The van der Waals surface area contributed by atoms with E-state index in [-0.39, 0.29) is 17.1 Å². The monoisotopic (exact) mass is 400 g/mol. The standard InChI is InChI=1S/C22H25FN2O2S/c1-22(2,3)14-7-10-16-17(12-14)28-21(19(16)20(24)27)25-18(26)11-6-13-4-8-15(23)9-5-13/h4-6,8-9,11,14H,7,10,12H2,1-3H3,(H2,24,27)(H,25,26)/b11-6+. The number of hydrogen-bond donors (Lipinski definition) is 2. The van der Waals surface area contributed by atoms with Gasteiger partial charge in [-0.25, -0.2) is 4.39 Å². The minimum absolute atomic E-state index is 0.190. The minimum Gasteiger partial charge on any atom is -0.365 e. The number of anilines is 1. The van der Waals surface area contributed by atoms with Gasteiger partial charge in [-0.1, -0.05) is 32.9 Å². The van der Waals surface area contributed by atoms with Crippen molar-refractivity contribution in [1.29, 1.82) is 0 Å². The maximum Gasteiger partial charge on any atom is 0.251 e. The summed E-state index contributed by atoms with van der Waals surface area (Å²) in [4.78, 5) is 25.5. The topological polar surface area (TPSA) is 72.2 Å². The second kappa shape index (κ2) is 7.87. The molecule has 0 bridgehead atoms. The van der Waals surface area contributed by atoms with E-state index in [0.717, 1.165) is 29.7 Å². The minimum atomic E-state index is -0.510. The van der Waals surface area contributed by atoms with Gasteiger partial charge in [-0.3, -0.25) is 9.59 Å². The van der Waals surface area contributed by atoms with Crippen molar-refractivity contribution in [3.63, 3.8) is 0 Å². The fourth-order valence-corrected chi connectivity index (χ4v) is 4.91. The van der Waals surface area contributed by atoms with Gasteiger partial charge in [-0.2, -0.15) is 0 Å². The molecule has 0 aliphatic heterocycles. The Bertz CT molecular complexity index is 923. The number of nitrogens with one attached hydrogen (secondary N) is 1. The van der Waals surface area contributed by atoms with Crippen LogP contribution in [0.2, 0.25) is 0 Å². The molecular weight excluding hydrogens is 375 g/mol. The fourth-order valence-electron chi connectivity index (χ4n) is 3.57. The highest BCUT2D eigenvalue weighted by Crippen LogP contribution is 2.44.